The minimum Gasteiger partial charge on any atom is -0.492 e. The van der Waals surface area contributed by atoms with Crippen molar-refractivity contribution in [3.8, 4) is 5.75 Å². The van der Waals surface area contributed by atoms with Gasteiger partial charge in [-0.15, -0.1) is 0 Å². The van der Waals surface area contributed by atoms with Crippen LogP contribution in [0.2, 0.25) is 0 Å². The van der Waals surface area contributed by atoms with Crippen molar-refractivity contribution in [3.63, 3.8) is 0 Å². The van der Waals surface area contributed by atoms with Gasteiger partial charge in [-0.25, -0.2) is 0 Å². The highest BCUT2D eigenvalue weighted by Crippen LogP contribution is 2.35. The van der Waals surface area contributed by atoms with E-state index in [1.807, 2.05) is 36.2 Å². The first-order valence-electron chi connectivity index (χ1n) is 6.98. The molecule has 0 bridgehead atoms. The number of carbonyl (C=O) groups excluding carboxylic acids is 1. The SMILES string of the molecule is CNC[C@H]1CCCN1C(=O)[C@H]1COc2ccccc21. The second kappa shape index (κ2) is 5.21. The van der Waals surface area contributed by atoms with Crippen molar-refractivity contribution in [2.75, 3.05) is 26.7 Å². The number of fused-ring (bicyclic) bond motifs is 1. The molecule has 1 aromatic rings. The molecule has 2 heterocycles. The van der Waals surface area contributed by atoms with E-state index in [1.54, 1.807) is 0 Å². The molecule has 4 heteroatoms. The molecule has 4 nitrogen and oxygen atoms in total. The number of carbonyl (C=O) groups is 1. The number of nitrogens with zero attached hydrogens (tertiary/aromatic N) is 1. The highest BCUT2D eigenvalue weighted by molar-refractivity contribution is 5.86. The molecule has 2 atom stereocenters. The van der Waals surface area contributed by atoms with Gasteiger partial charge in [0.25, 0.3) is 0 Å². The van der Waals surface area contributed by atoms with E-state index in [-0.39, 0.29) is 11.8 Å². The van der Waals surface area contributed by atoms with Gasteiger partial charge >= 0.3 is 0 Å². The van der Waals surface area contributed by atoms with Crippen molar-refractivity contribution in [2.45, 2.75) is 24.8 Å². The smallest absolute Gasteiger partial charge is 0.234 e. The van der Waals surface area contributed by atoms with Crippen molar-refractivity contribution < 1.29 is 9.53 Å². The minimum absolute atomic E-state index is 0.117. The van der Waals surface area contributed by atoms with Crippen LogP contribution >= 0.6 is 0 Å². The van der Waals surface area contributed by atoms with E-state index in [4.69, 9.17) is 4.74 Å². The van der Waals surface area contributed by atoms with Crippen molar-refractivity contribution in [1.29, 1.82) is 0 Å². The lowest BCUT2D eigenvalue weighted by Gasteiger charge is -2.27. The van der Waals surface area contributed by atoms with Gasteiger partial charge < -0.3 is 15.0 Å². The summed E-state index contributed by atoms with van der Waals surface area (Å²) < 4.78 is 5.62. The molecular weight excluding hydrogens is 240 g/mol. The number of benzene rings is 1. The molecule has 1 N–H and O–H groups in total. The Bertz CT molecular complexity index is 475. The Kier molecular flexibility index (Phi) is 3.42. The van der Waals surface area contributed by atoms with Gasteiger partial charge in [-0.3, -0.25) is 4.79 Å². The first-order chi connectivity index (χ1) is 9.31. The van der Waals surface area contributed by atoms with Gasteiger partial charge in [-0.2, -0.15) is 0 Å². The summed E-state index contributed by atoms with van der Waals surface area (Å²) in [6.07, 6.45) is 2.20. The summed E-state index contributed by atoms with van der Waals surface area (Å²) in [5.41, 5.74) is 1.04. The van der Waals surface area contributed by atoms with Gasteiger partial charge in [0.2, 0.25) is 5.91 Å². The van der Waals surface area contributed by atoms with Crippen LogP contribution in [0.4, 0.5) is 0 Å². The predicted octanol–water partition coefficient (Wildman–Crippen LogP) is 1.37. The third-order valence-corrected chi connectivity index (χ3v) is 4.10. The van der Waals surface area contributed by atoms with Gasteiger partial charge in [0.05, 0.1) is 0 Å². The molecule has 1 aromatic carbocycles. The van der Waals surface area contributed by atoms with Crippen molar-refractivity contribution >= 4 is 5.91 Å². The number of likely N-dealkylation sites (tertiary alicyclic amines) is 1. The Hall–Kier alpha value is -1.55. The number of hydrogen-bond acceptors (Lipinski definition) is 3. The molecule has 0 unspecified atom stereocenters. The molecule has 3 rings (SSSR count). The quantitative estimate of drug-likeness (QED) is 0.892. The third kappa shape index (κ3) is 2.21. The van der Waals surface area contributed by atoms with E-state index in [0.29, 0.717) is 12.6 Å². The lowest BCUT2D eigenvalue weighted by atomic mass is 9.99. The second-order valence-electron chi connectivity index (χ2n) is 5.29. The number of nitrogens with one attached hydrogen (secondary N) is 1. The molecule has 0 aliphatic carbocycles. The van der Waals surface area contributed by atoms with E-state index >= 15 is 0 Å². The summed E-state index contributed by atoms with van der Waals surface area (Å²) in [7, 11) is 1.94. The Balaban J connectivity index is 1.78. The van der Waals surface area contributed by atoms with E-state index in [0.717, 1.165) is 37.2 Å². The highest BCUT2D eigenvalue weighted by atomic mass is 16.5. The van der Waals surface area contributed by atoms with Gasteiger partial charge in [0, 0.05) is 24.7 Å². The van der Waals surface area contributed by atoms with Crippen molar-refractivity contribution in [3.05, 3.63) is 29.8 Å². The predicted molar refractivity (Wildman–Crippen MR) is 73.3 cm³/mol. The molecule has 0 aromatic heterocycles. The zero-order valence-corrected chi connectivity index (χ0v) is 11.3. The van der Waals surface area contributed by atoms with Crippen LogP contribution in [-0.4, -0.2) is 43.6 Å². The zero-order chi connectivity index (χ0) is 13.2. The molecule has 1 fully saturated rings. The van der Waals surface area contributed by atoms with Gasteiger partial charge in [0.15, 0.2) is 0 Å². The van der Waals surface area contributed by atoms with Crippen LogP contribution in [0.25, 0.3) is 0 Å². The summed E-state index contributed by atoms with van der Waals surface area (Å²) >= 11 is 0. The largest absolute Gasteiger partial charge is 0.492 e. The Morgan fingerprint density at radius 1 is 1.47 bits per heavy atom. The van der Waals surface area contributed by atoms with Crippen LogP contribution in [0.5, 0.6) is 5.75 Å². The van der Waals surface area contributed by atoms with E-state index in [2.05, 4.69) is 5.32 Å². The fourth-order valence-corrected chi connectivity index (χ4v) is 3.14. The lowest BCUT2D eigenvalue weighted by molar-refractivity contribution is -0.133. The molecular formula is C15H20N2O2. The highest BCUT2D eigenvalue weighted by Gasteiger charge is 2.37. The number of amides is 1. The van der Waals surface area contributed by atoms with Crippen LogP contribution in [0, 0.1) is 0 Å². The number of rotatable bonds is 3. The van der Waals surface area contributed by atoms with Crippen LogP contribution in [0.1, 0.15) is 24.3 Å². The average Bonchev–Trinajstić information content (AvgIpc) is 3.04. The Labute approximate surface area is 113 Å². The number of para-hydroxylation sites is 1. The van der Waals surface area contributed by atoms with Gasteiger partial charge in [-0.05, 0) is 26.0 Å². The van der Waals surface area contributed by atoms with E-state index < -0.39 is 0 Å². The third-order valence-electron chi connectivity index (χ3n) is 4.10. The monoisotopic (exact) mass is 260 g/mol. The summed E-state index contributed by atoms with van der Waals surface area (Å²) in [4.78, 5) is 14.7. The zero-order valence-electron chi connectivity index (χ0n) is 11.3. The fraction of sp³-hybridized carbons (Fsp3) is 0.533. The Morgan fingerprint density at radius 3 is 3.16 bits per heavy atom. The van der Waals surface area contributed by atoms with Crippen LogP contribution in [0.3, 0.4) is 0 Å². The first kappa shape index (κ1) is 12.5. The summed E-state index contributed by atoms with van der Waals surface area (Å²) in [6.45, 7) is 2.24. The number of hydrogen-bond donors (Lipinski definition) is 1. The lowest BCUT2D eigenvalue weighted by Crippen LogP contribution is -2.43. The molecule has 1 amide bonds. The molecule has 2 aliphatic heterocycles. The van der Waals surface area contributed by atoms with Gasteiger partial charge in [-0.1, -0.05) is 18.2 Å². The van der Waals surface area contributed by atoms with E-state index in [9.17, 15) is 4.79 Å². The minimum atomic E-state index is -0.117. The van der Waals surface area contributed by atoms with Gasteiger partial charge in [0.1, 0.15) is 18.3 Å². The number of ether oxygens (including phenoxy) is 1. The summed E-state index contributed by atoms with van der Waals surface area (Å²) in [6, 6.07) is 8.21. The topological polar surface area (TPSA) is 41.6 Å². The summed E-state index contributed by atoms with van der Waals surface area (Å²) in [5.74, 6) is 0.974. The average molecular weight is 260 g/mol. The molecule has 102 valence electrons. The van der Waals surface area contributed by atoms with Crippen molar-refractivity contribution in [2.24, 2.45) is 0 Å². The number of likely N-dealkylation sites (N-methyl/N-ethyl adjacent to an activating group) is 1. The van der Waals surface area contributed by atoms with Crippen molar-refractivity contribution in [1.82, 2.24) is 10.2 Å². The molecule has 0 spiro atoms. The molecule has 19 heavy (non-hydrogen) atoms. The molecule has 2 aliphatic rings. The molecule has 0 saturated carbocycles. The second-order valence-corrected chi connectivity index (χ2v) is 5.29. The maximum absolute atomic E-state index is 12.7. The fourth-order valence-electron chi connectivity index (χ4n) is 3.14. The summed E-state index contributed by atoms with van der Waals surface area (Å²) in [5, 5.41) is 3.18. The maximum atomic E-state index is 12.7. The molecule has 0 radical (unpaired) electrons. The van der Waals surface area contributed by atoms with Crippen LogP contribution < -0.4 is 10.1 Å². The normalized spacial score (nSPS) is 25.2. The van der Waals surface area contributed by atoms with Crippen LogP contribution in [-0.2, 0) is 4.79 Å². The van der Waals surface area contributed by atoms with E-state index in [1.165, 1.54) is 0 Å². The first-order valence-corrected chi connectivity index (χ1v) is 6.98. The maximum Gasteiger partial charge on any atom is 0.234 e. The van der Waals surface area contributed by atoms with Crippen LogP contribution in [0.15, 0.2) is 24.3 Å². The standard InChI is InChI=1S/C15H20N2O2/c1-16-9-11-5-4-8-17(11)15(18)13-10-19-14-7-3-2-6-12(13)14/h2-3,6-7,11,13,16H,4-5,8-10H2,1H3/t11-,13+/m1/s1. The molecule has 1 saturated heterocycles. The Morgan fingerprint density at radius 2 is 2.32 bits per heavy atom.